The van der Waals surface area contributed by atoms with Crippen molar-refractivity contribution in [1.29, 1.82) is 0 Å². The number of aromatic amines is 1. The van der Waals surface area contributed by atoms with E-state index < -0.39 is 0 Å². The first-order valence-corrected chi connectivity index (χ1v) is 11.1. The van der Waals surface area contributed by atoms with E-state index in [0.29, 0.717) is 27.8 Å². The van der Waals surface area contributed by atoms with Crippen molar-refractivity contribution in [3.63, 3.8) is 0 Å². The fraction of sp³-hybridized carbons (Fsp3) is 0.333. The summed E-state index contributed by atoms with van der Waals surface area (Å²) in [4.78, 5) is 20.4. The van der Waals surface area contributed by atoms with Crippen molar-refractivity contribution in [2.45, 2.75) is 33.9 Å². The van der Waals surface area contributed by atoms with Crippen LogP contribution < -0.4 is 5.32 Å². The summed E-state index contributed by atoms with van der Waals surface area (Å²) in [6.07, 6.45) is 1.76. The van der Waals surface area contributed by atoms with E-state index in [2.05, 4.69) is 45.8 Å². The van der Waals surface area contributed by atoms with Gasteiger partial charge in [-0.2, -0.15) is 5.10 Å². The van der Waals surface area contributed by atoms with Crippen LogP contribution in [0, 0.1) is 11.7 Å². The largest absolute Gasteiger partial charge is 0.300 e. The monoisotopic (exact) mass is 442 g/mol. The molecule has 1 aromatic carbocycles. The number of anilines is 1. The number of H-pyrrole nitrogens is 1. The molecule has 2 heterocycles. The highest BCUT2D eigenvalue weighted by atomic mass is 32.1. The average molecular weight is 443 g/mol. The third-order valence-electron chi connectivity index (χ3n) is 4.81. The van der Waals surface area contributed by atoms with Gasteiger partial charge in [-0.3, -0.25) is 24.7 Å². The van der Waals surface area contributed by atoms with Crippen molar-refractivity contribution in [1.82, 2.24) is 24.6 Å². The summed E-state index contributed by atoms with van der Waals surface area (Å²) < 4.78 is 2.37. The van der Waals surface area contributed by atoms with Gasteiger partial charge in [-0.05, 0) is 49.9 Å². The van der Waals surface area contributed by atoms with Gasteiger partial charge in [0, 0.05) is 18.7 Å². The van der Waals surface area contributed by atoms with Gasteiger partial charge in [-0.25, -0.2) is 4.98 Å². The number of carbonyl (C=O) groups is 1. The zero-order valence-electron chi connectivity index (χ0n) is 17.4. The number of nitrogens with zero attached hydrogens (tertiary/aromatic N) is 4. The number of carbonyl (C=O) groups excluding carboxylic acids is 1. The van der Waals surface area contributed by atoms with Gasteiger partial charge in [0.15, 0.2) is 15.7 Å². The molecule has 3 aromatic rings. The minimum absolute atomic E-state index is 0.186. The first kappa shape index (κ1) is 22.1. The molecule has 0 saturated heterocycles. The van der Waals surface area contributed by atoms with Crippen LogP contribution in [0.25, 0.3) is 10.7 Å². The molecule has 30 heavy (non-hydrogen) atoms. The van der Waals surface area contributed by atoms with E-state index in [1.807, 2.05) is 35.8 Å². The third-order valence-corrected chi connectivity index (χ3v) is 6.19. The number of aromatic nitrogens is 4. The predicted molar refractivity (Wildman–Crippen MR) is 124 cm³/mol. The molecule has 0 aliphatic carbocycles. The molecule has 9 heteroatoms. The van der Waals surface area contributed by atoms with E-state index in [1.165, 1.54) is 16.9 Å². The molecule has 0 aliphatic heterocycles. The molecule has 3 rings (SSSR count). The van der Waals surface area contributed by atoms with Gasteiger partial charge in [-0.1, -0.05) is 43.4 Å². The highest BCUT2D eigenvalue weighted by molar-refractivity contribution is 7.71. The zero-order chi connectivity index (χ0) is 21.7. The number of benzene rings is 1. The van der Waals surface area contributed by atoms with Gasteiger partial charge < -0.3 is 0 Å². The van der Waals surface area contributed by atoms with Crippen LogP contribution >= 0.6 is 23.6 Å². The lowest BCUT2D eigenvalue weighted by Gasteiger charge is -2.17. The van der Waals surface area contributed by atoms with Crippen molar-refractivity contribution < 1.29 is 4.79 Å². The molecule has 0 radical (unpaired) electrons. The zero-order valence-corrected chi connectivity index (χ0v) is 19.1. The molecule has 2 N–H and O–H groups in total. The maximum Gasteiger partial charge on any atom is 0.257 e. The SMILES string of the molecule is C=CCn1c(-c2sc(NC(=O)c3ccc(CN(CC)CC)cc3)nc2C)n[nH]c1=S. The number of allylic oxidation sites excluding steroid dienone is 1. The molecule has 0 saturated carbocycles. The lowest BCUT2D eigenvalue weighted by molar-refractivity contribution is 0.102. The molecule has 0 aliphatic rings. The Kier molecular flexibility index (Phi) is 7.30. The Morgan fingerprint density at radius 1 is 1.33 bits per heavy atom. The number of aryl methyl sites for hydroxylation is 1. The standard InChI is InChI=1S/C21H26N6OS2/c1-5-12-27-18(24-25-21(27)29)17-14(4)22-20(30-17)23-19(28)16-10-8-15(9-11-16)13-26(6-2)7-3/h5,8-11H,1,6-7,12-13H2,2-4H3,(H,25,29)(H,22,23,28). The lowest BCUT2D eigenvalue weighted by atomic mass is 10.1. The number of thiazole rings is 1. The molecule has 7 nitrogen and oxygen atoms in total. The first-order valence-electron chi connectivity index (χ1n) is 9.83. The molecule has 158 valence electrons. The average Bonchev–Trinajstić information content (AvgIpc) is 3.28. The van der Waals surface area contributed by atoms with Crippen molar-refractivity contribution >= 4 is 34.6 Å². The Labute approximate surface area is 185 Å². The van der Waals surface area contributed by atoms with Crippen LogP contribution in [0.15, 0.2) is 36.9 Å². The van der Waals surface area contributed by atoms with Crippen molar-refractivity contribution in [3.8, 4) is 10.7 Å². The van der Waals surface area contributed by atoms with Crippen LogP contribution in [0.5, 0.6) is 0 Å². The van der Waals surface area contributed by atoms with Crippen LogP contribution in [-0.4, -0.2) is 43.6 Å². The minimum Gasteiger partial charge on any atom is -0.300 e. The fourth-order valence-electron chi connectivity index (χ4n) is 3.08. The quantitative estimate of drug-likeness (QED) is 0.372. The highest BCUT2D eigenvalue weighted by Crippen LogP contribution is 2.32. The van der Waals surface area contributed by atoms with Gasteiger partial charge in [0.05, 0.1) is 10.6 Å². The van der Waals surface area contributed by atoms with Crippen molar-refractivity contribution in [2.75, 3.05) is 18.4 Å². The summed E-state index contributed by atoms with van der Waals surface area (Å²) in [5, 5.41) is 10.5. The second-order valence-electron chi connectivity index (χ2n) is 6.80. The molecule has 0 atom stereocenters. The molecule has 1 amide bonds. The van der Waals surface area contributed by atoms with Gasteiger partial charge in [0.2, 0.25) is 0 Å². The number of hydrogen-bond donors (Lipinski definition) is 2. The van der Waals surface area contributed by atoms with Crippen LogP contribution in [0.1, 0.15) is 35.5 Å². The maximum atomic E-state index is 12.7. The van der Waals surface area contributed by atoms with Crippen LogP contribution in [0.3, 0.4) is 0 Å². The fourth-order valence-corrected chi connectivity index (χ4v) is 4.25. The normalized spacial score (nSPS) is 11.1. The molecule has 0 fully saturated rings. The number of rotatable bonds is 9. The summed E-state index contributed by atoms with van der Waals surface area (Å²) in [5.41, 5.74) is 2.57. The molecular weight excluding hydrogens is 416 g/mol. The topological polar surface area (TPSA) is 78.8 Å². The Morgan fingerprint density at radius 3 is 2.67 bits per heavy atom. The minimum atomic E-state index is -0.186. The van der Waals surface area contributed by atoms with Gasteiger partial charge in [-0.15, -0.1) is 6.58 Å². The van der Waals surface area contributed by atoms with E-state index in [4.69, 9.17) is 12.2 Å². The molecule has 2 aromatic heterocycles. The van der Waals surface area contributed by atoms with Crippen LogP contribution in [-0.2, 0) is 13.1 Å². The van der Waals surface area contributed by atoms with E-state index >= 15 is 0 Å². The van der Waals surface area contributed by atoms with E-state index in [0.717, 1.165) is 30.2 Å². The van der Waals surface area contributed by atoms with E-state index in [1.54, 1.807) is 6.08 Å². The summed E-state index contributed by atoms with van der Waals surface area (Å²) in [7, 11) is 0. The smallest absolute Gasteiger partial charge is 0.257 e. The molecule has 0 unspecified atom stereocenters. The Hall–Kier alpha value is -2.62. The van der Waals surface area contributed by atoms with Crippen LogP contribution in [0.4, 0.5) is 5.13 Å². The van der Waals surface area contributed by atoms with Crippen molar-refractivity contribution in [2.24, 2.45) is 0 Å². The van der Waals surface area contributed by atoms with Gasteiger partial charge >= 0.3 is 0 Å². The summed E-state index contributed by atoms with van der Waals surface area (Å²) in [6, 6.07) is 7.70. The van der Waals surface area contributed by atoms with Gasteiger partial charge in [0.1, 0.15) is 0 Å². The van der Waals surface area contributed by atoms with E-state index in [9.17, 15) is 4.79 Å². The van der Waals surface area contributed by atoms with E-state index in [-0.39, 0.29) is 5.91 Å². The Bertz CT molecular complexity index is 1080. The summed E-state index contributed by atoms with van der Waals surface area (Å²) in [6.45, 7) is 13.4. The molecule has 0 spiro atoms. The molecule has 0 bridgehead atoms. The third kappa shape index (κ3) is 4.92. The van der Waals surface area contributed by atoms with Crippen LogP contribution in [0.2, 0.25) is 0 Å². The Balaban J connectivity index is 1.74. The number of nitrogens with one attached hydrogen (secondary N) is 2. The maximum absolute atomic E-state index is 12.7. The Morgan fingerprint density at radius 2 is 2.03 bits per heavy atom. The second-order valence-corrected chi connectivity index (χ2v) is 8.18. The first-order chi connectivity index (χ1) is 14.5. The number of hydrogen-bond acceptors (Lipinski definition) is 6. The summed E-state index contributed by atoms with van der Waals surface area (Å²) >= 11 is 6.66. The van der Waals surface area contributed by atoms with Gasteiger partial charge in [0.25, 0.3) is 5.91 Å². The number of amides is 1. The lowest BCUT2D eigenvalue weighted by Crippen LogP contribution is -2.22. The highest BCUT2D eigenvalue weighted by Gasteiger charge is 2.17. The predicted octanol–water partition coefficient (Wildman–Crippen LogP) is 4.65. The van der Waals surface area contributed by atoms with Crippen molar-refractivity contribution in [3.05, 3.63) is 58.5 Å². The summed E-state index contributed by atoms with van der Waals surface area (Å²) in [5.74, 6) is 0.505. The second kappa shape index (κ2) is 9.92. The molecular formula is C21H26N6OS2.